The predicted octanol–water partition coefficient (Wildman–Crippen LogP) is 3.21. The fourth-order valence-corrected chi connectivity index (χ4v) is 6.32. The molecule has 2 aromatic heterocycles. The summed E-state index contributed by atoms with van der Waals surface area (Å²) in [4.78, 5) is 21.0. The summed E-state index contributed by atoms with van der Waals surface area (Å²) in [5, 5.41) is 5.48. The van der Waals surface area contributed by atoms with Gasteiger partial charge in [0.25, 0.3) is 0 Å². The van der Waals surface area contributed by atoms with Gasteiger partial charge in [-0.3, -0.25) is 4.79 Å². The molecule has 0 spiro atoms. The van der Waals surface area contributed by atoms with Crippen molar-refractivity contribution in [1.29, 1.82) is 0 Å². The van der Waals surface area contributed by atoms with Crippen molar-refractivity contribution < 1.29 is 13.2 Å². The van der Waals surface area contributed by atoms with Crippen molar-refractivity contribution >= 4 is 54.9 Å². The fraction of sp³-hybridized carbons (Fsp3) is 0.278. The molecule has 1 amide bonds. The summed E-state index contributed by atoms with van der Waals surface area (Å²) >= 11 is 2.87. The molecule has 1 aliphatic rings. The minimum Gasteiger partial charge on any atom is -0.325 e. The molecule has 0 atom stereocenters. The van der Waals surface area contributed by atoms with E-state index in [0.717, 1.165) is 28.1 Å². The van der Waals surface area contributed by atoms with Gasteiger partial charge < -0.3 is 5.32 Å². The van der Waals surface area contributed by atoms with Crippen LogP contribution < -0.4 is 5.32 Å². The number of hydrogen-bond donors (Lipinski definition) is 1. The third kappa shape index (κ3) is 4.04. The van der Waals surface area contributed by atoms with Gasteiger partial charge in [-0.2, -0.15) is 4.31 Å². The summed E-state index contributed by atoms with van der Waals surface area (Å²) in [5.74, 6) is -0.0448. The van der Waals surface area contributed by atoms with Gasteiger partial charge in [0.15, 0.2) is 0 Å². The van der Waals surface area contributed by atoms with Gasteiger partial charge in [-0.05, 0) is 42.5 Å². The molecular formula is C18H18N4O3S3. The Hall–Kier alpha value is -2.01. The molecule has 1 N–H and O–H groups in total. The number of fused-ring (bicyclic) bond motifs is 1. The molecule has 0 radical (unpaired) electrons. The molecule has 10 heteroatoms. The van der Waals surface area contributed by atoms with E-state index in [0.29, 0.717) is 18.8 Å². The van der Waals surface area contributed by atoms with E-state index >= 15 is 0 Å². The highest BCUT2D eigenvalue weighted by molar-refractivity contribution is 8.00. The van der Waals surface area contributed by atoms with Crippen LogP contribution in [0.15, 0.2) is 52.0 Å². The third-order valence-electron chi connectivity index (χ3n) is 4.37. The number of nitrogens with one attached hydrogen (secondary N) is 1. The number of aromatic nitrogens is 2. The van der Waals surface area contributed by atoms with Gasteiger partial charge in [-0.15, -0.1) is 11.3 Å². The molecule has 3 aromatic rings. The number of nitrogens with zero attached hydrogens (tertiary/aromatic N) is 3. The van der Waals surface area contributed by atoms with Crippen LogP contribution in [0.25, 0.3) is 10.2 Å². The van der Waals surface area contributed by atoms with Gasteiger partial charge in [0.2, 0.25) is 15.9 Å². The van der Waals surface area contributed by atoms with Crippen LogP contribution in [-0.4, -0.2) is 47.4 Å². The summed E-state index contributed by atoms with van der Waals surface area (Å²) in [6, 6.07) is 8.32. The van der Waals surface area contributed by atoms with Crippen molar-refractivity contribution in [2.45, 2.75) is 22.8 Å². The monoisotopic (exact) mass is 434 g/mol. The summed E-state index contributed by atoms with van der Waals surface area (Å²) < 4.78 is 27.8. The lowest BCUT2D eigenvalue weighted by molar-refractivity contribution is -0.113. The molecular weight excluding hydrogens is 416 g/mol. The van der Waals surface area contributed by atoms with E-state index in [-0.39, 0.29) is 16.6 Å². The minimum atomic E-state index is -3.51. The Morgan fingerprint density at radius 2 is 2.04 bits per heavy atom. The molecule has 28 heavy (non-hydrogen) atoms. The number of carbonyl (C=O) groups is 1. The lowest BCUT2D eigenvalue weighted by atomic mass is 10.3. The molecule has 7 nitrogen and oxygen atoms in total. The number of amides is 1. The molecule has 1 saturated heterocycles. The van der Waals surface area contributed by atoms with E-state index < -0.39 is 10.0 Å². The number of sulfonamides is 1. The second-order valence-corrected chi connectivity index (χ2v) is 10.1. The van der Waals surface area contributed by atoms with E-state index in [9.17, 15) is 13.2 Å². The number of thiophene rings is 1. The normalized spacial score (nSPS) is 15.1. The topological polar surface area (TPSA) is 92.3 Å². The van der Waals surface area contributed by atoms with Crippen LogP contribution in [0, 0.1) is 0 Å². The number of anilines is 1. The number of carbonyl (C=O) groups excluding carboxylic acids is 1. The van der Waals surface area contributed by atoms with Crippen LogP contribution in [0.1, 0.15) is 12.8 Å². The molecule has 146 valence electrons. The zero-order valence-electron chi connectivity index (χ0n) is 14.9. The lowest BCUT2D eigenvalue weighted by Crippen LogP contribution is -2.28. The van der Waals surface area contributed by atoms with Crippen LogP contribution in [0.3, 0.4) is 0 Å². The Kier molecular flexibility index (Phi) is 5.63. The molecule has 3 heterocycles. The summed E-state index contributed by atoms with van der Waals surface area (Å²) in [7, 11) is -3.51. The van der Waals surface area contributed by atoms with Gasteiger partial charge in [0.05, 0.1) is 20.9 Å². The van der Waals surface area contributed by atoms with Crippen LogP contribution in [0.4, 0.5) is 5.69 Å². The zero-order chi connectivity index (χ0) is 19.6. The molecule has 0 bridgehead atoms. The average Bonchev–Trinajstić information content (AvgIpc) is 3.38. The van der Waals surface area contributed by atoms with E-state index in [1.807, 2.05) is 11.4 Å². The number of rotatable bonds is 6. The van der Waals surface area contributed by atoms with Crippen LogP contribution >= 0.6 is 23.1 Å². The highest BCUT2D eigenvalue weighted by Gasteiger charge is 2.27. The van der Waals surface area contributed by atoms with Crippen LogP contribution in [0.5, 0.6) is 0 Å². The Labute approximate surface area is 171 Å². The molecule has 0 saturated carbocycles. The summed E-state index contributed by atoms with van der Waals surface area (Å²) in [5.41, 5.74) is 1.33. The van der Waals surface area contributed by atoms with Gasteiger partial charge in [-0.25, -0.2) is 18.4 Å². The predicted molar refractivity (Wildman–Crippen MR) is 111 cm³/mol. The highest BCUT2D eigenvalue weighted by atomic mass is 32.2. The Morgan fingerprint density at radius 3 is 2.86 bits per heavy atom. The van der Waals surface area contributed by atoms with Gasteiger partial charge in [0, 0.05) is 18.8 Å². The number of benzene rings is 1. The van der Waals surface area contributed by atoms with Crippen molar-refractivity contribution in [3.8, 4) is 0 Å². The maximum atomic E-state index is 12.7. The standard InChI is InChI=1S/C18H18N4O3S3/c23-16(11-27-18-17-15(6-9-26-17)19-12-20-18)21-13-4-3-5-14(10-13)28(24,25)22-7-1-2-8-22/h3-6,9-10,12H,1-2,7-8,11H2,(H,21,23). The maximum Gasteiger partial charge on any atom is 0.243 e. The molecule has 1 aliphatic heterocycles. The first-order chi connectivity index (χ1) is 13.5. The fourth-order valence-electron chi connectivity index (χ4n) is 3.01. The van der Waals surface area contributed by atoms with Gasteiger partial charge in [-0.1, -0.05) is 17.8 Å². The Morgan fingerprint density at radius 1 is 1.21 bits per heavy atom. The first kappa shape index (κ1) is 19.3. The van der Waals surface area contributed by atoms with Gasteiger partial charge >= 0.3 is 0 Å². The number of thioether (sulfide) groups is 1. The number of hydrogen-bond acceptors (Lipinski definition) is 7. The van der Waals surface area contributed by atoms with Crippen LogP contribution in [-0.2, 0) is 14.8 Å². The molecule has 1 fully saturated rings. The summed E-state index contributed by atoms with van der Waals surface area (Å²) in [6.45, 7) is 1.09. The van der Waals surface area contributed by atoms with E-state index in [4.69, 9.17) is 0 Å². The molecule has 1 aromatic carbocycles. The van der Waals surface area contributed by atoms with E-state index in [1.54, 1.807) is 18.2 Å². The van der Waals surface area contributed by atoms with E-state index in [2.05, 4.69) is 15.3 Å². The third-order valence-corrected chi connectivity index (χ3v) is 8.29. The van der Waals surface area contributed by atoms with Crippen molar-refractivity contribution in [3.05, 3.63) is 42.0 Å². The first-order valence-corrected chi connectivity index (χ1v) is 12.1. The molecule has 0 unspecified atom stereocenters. The van der Waals surface area contributed by atoms with Crippen molar-refractivity contribution in [2.75, 3.05) is 24.2 Å². The second kappa shape index (κ2) is 8.16. The zero-order valence-corrected chi connectivity index (χ0v) is 17.3. The van der Waals surface area contributed by atoms with Crippen molar-refractivity contribution in [3.63, 3.8) is 0 Å². The van der Waals surface area contributed by atoms with Crippen molar-refractivity contribution in [2.24, 2.45) is 0 Å². The average molecular weight is 435 g/mol. The molecule has 0 aliphatic carbocycles. The lowest BCUT2D eigenvalue weighted by Gasteiger charge is -2.16. The maximum absolute atomic E-state index is 12.7. The van der Waals surface area contributed by atoms with Crippen molar-refractivity contribution in [1.82, 2.24) is 14.3 Å². The van der Waals surface area contributed by atoms with E-state index in [1.165, 1.54) is 39.8 Å². The first-order valence-electron chi connectivity index (χ1n) is 8.75. The molecule has 4 rings (SSSR count). The Bertz CT molecular complexity index is 1110. The van der Waals surface area contributed by atoms with Gasteiger partial charge in [0.1, 0.15) is 11.4 Å². The minimum absolute atomic E-state index is 0.174. The smallest absolute Gasteiger partial charge is 0.243 e. The van der Waals surface area contributed by atoms with Crippen LogP contribution in [0.2, 0.25) is 0 Å². The SMILES string of the molecule is O=C(CSc1ncnc2ccsc12)Nc1cccc(S(=O)(=O)N2CCCC2)c1. The summed E-state index contributed by atoms with van der Waals surface area (Å²) in [6.07, 6.45) is 3.25. The quantitative estimate of drug-likeness (QED) is 0.473. The Balaban J connectivity index is 1.43. The largest absolute Gasteiger partial charge is 0.325 e. The highest BCUT2D eigenvalue weighted by Crippen LogP contribution is 2.29. The second-order valence-electron chi connectivity index (χ2n) is 6.29.